The molecule has 2 rings (SSSR count). The van der Waals surface area contributed by atoms with Crippen molar-refractivity contribution >= 4 is 16.9 Å². The van der Waals surface area contributed by atoms with E-state index in [1.807, 2.05) is 6.07 Å². The predicted octanol–water partition coefficient (Wildman–Crippen LogP) is -0.525. The molecule has 1 aromatic carbocycles. The predicted molar refractivity (Wildman–Crippen MR) is 70.0 cm³/mol. The molecule has 0 aliphatic heterocycles. The average molecular weight is 371 g/mol. The zero-order chi connectivity index (χ0) is 12.8. The molecule has 102 valence electrons. The lowest BCUT2D eigenvalue weighted by Crippen LogP contribution is -3.00. The van der Waals surface area contributed by atoms with Crippen LogP contribution in [0.4, 0.5) is 0 Å². The molecular formula is C15H18INO2. The number of ether oxygens (including phenoxy) is 1. The fraction of sp³-hybridized carbons (Fsp3) is 0.333. The van der Waals surface area contributed by atoms with Crippen LogP contribution in [0.5, 0.6) is 0 Å². The first-order valence-corrected chi connectivity index (χ1v) is 6.28. The van der Waals surface area contributed by atoms with Crippen molar-refractivity contribution in [2.24, 2.45) is 0 Å². The molecule has 0 atom stereocenters. The Morgan fingerprint density at radius 3 is 2.68 bits per heavy atom. The minimum atomic E-state index is -0.201. The van der Waals surface area contributed by atoms with Crippen LogP contribution in [-0.2, 0) is 16.1 Å². The topological polar surface area (TPSA) is 30.2 Å². The Kier molecular flexibility index (Phi) is 6.77. The van der Waals surface area contributed by atoms with Crippen molar-refractivity contribution in [1.29, 1.82) is 0 Å². The monoisotopic (exact) mass is 371 g/mol. The van der Waals surface area contributed by atoms with Crippen LogP contribution in [0.1, 0.15) is 19.8 Å². The van der Waals surface area contributed by atoms with E-state index in [4.69, 9.17) is 4.74 Å². The molecule has 0 bridgehead atoms. The lowest BCUT2D eigenvalue weighted by molar-refractivity contribution is -0.671. The van der Waals surface area contributed by atoms with Gasteiger partial charge in [-0.05, 0) is 18.6 Å². The number of nitrogens with zero attached hydrogens (tertiary/aromatic N) is 1. The normalized spacial score (nSPS) is 9.95. The van der Waals surface area contributed by atoms with Gasteiger partial charge in [-0.25, -0.2) is 0 Å². The summed E-state index contributed by atoms with van der Waals surface area (Å²) >= 11 is 0. The zero-order valence-electron chi connectivity index (χ0n) is 11.0. The van der Waals surface area contributed by atoms with Gasteiger partial charge in [-0.1, -0.05) is 12.1 Å². The van der Waals surface area contributed by atoms with Gasteiger partial charge in [0.2, 0.25) is 5.52 Å². The number of aryl methyl sites for hydroxylation is 1. The third-order valence-corrected chi connectivity index (χ3v) is 2.89. The number of carbonyl (C=O) groups is 1. The smallest absolute Gasteiger partial charge is 0.302 e. The molecule has 0 amide bonds. The summed E-state index contributed by atoms with van der Waals surface area (Å²) in [5, 5.41) is 1.25. The summed E-state index contributed by atoms with van der Waals surface area (Å²) in [5.41, 5.74) is 1.24. The van der Waals surface area contributed by atoms with Crippen LogP contribution >= 0.6 is 0 Å². The van der Waals surface area contributed by atoms with Crippen molar-refractivity contribution in [2.75, 3.05) is 6.61 Å². The molecule has 0 saturated carbocycles. The molecule has 0 spiro atoms. The minimum absolute atomic E-state index is 0. The number of fused-ring (bicyclic) bond motifs is 1. The maximum atomic E-state index is 10.6. The van der Waals surface area contributed by atoms with Gasteiger partial charge in [-0.2, -0.15) is 4.57 Å². The summed E-state index contributed by atoms with van der Waals surface area (Å²) in [6, 6.07) is 12.5. The van der Waals surface area contributed by atoms with Gasteiger partial charge in [0, 0.05) is 30.9 Å². The van der Waals surface area contributed by atoms with Gasteiger partial charge in [-0.3, -0.25) is 4.79 Å². The molecule has 0 unspecified atom stereocenters. The van der Waals surface area contributed by atoms with Crippen LogP contribution < -0.4 is 28.5 Å². The minimum Gasteiger partial charge on any atom is -1.00 e. The number of para-hydroxylation sites is 1. The summed E-state index contributed by atoms with van der Waals surface area (Å²) in [4.78, 5) is 10.6. The molecule has 1 aromatic heterocycles. The number of rotatable bonds is 5. The van der Waals surface area contributed by atoms with E-state index >= 15 is 0 Å². The van der Waals surface area contributed by atoms with E-state index in [1.165, 1.54) is 17.8 Å². The van der Waals surface area contributed by atoms with Gasteiger partial charge in [0.25, 0.3) is 0 Å². The van der Waals surface area contributed by atoms with E-state index in [0.717, 1.165) is 19.4 Å². The van der Waals surface area contributed by atoms with Crippen LogP contribution in [0.2, 0.25) is 0 Å². The molecule has 19 heavy (non-hydrogen) atoms. The first-order valence-electron chi connectivity index (χ1n) is 6.28. The second kappa shape index (κ2) is 8.09. The molecule has 1 heterocycles. The third kappa shape index (κ3) is 4.78. The number of carbonyl (C=O) groups excluding carboxylic acids is 1. The number of pyridine rings is 1. The number of esters is 1. The van der Waals surface area contributed by atoms with Gasteiger partial charge in [0.15, 0.2) is 6.20 Å². The van der Waals surface area contributed by atoms with Crippen LogP contribution in [0.25, 0.3) is 10.9 Å². The Hall–Kier alpha value is -1.17. The second-order valence-corrected chi connectivity index (χ2v) is 4.31. The number of benzene rings is 1. The highest BCUT2D eigenvalue weighted by Crippen LogP contribution is 2.08. The lowest BCUT2D eigenvalue weighted by Gasteiger charge is -2.02. The summed E-state index contributed by atoms with van der Waals surface area (Å²) in [6.07, 6.45) is 4.00. The molecule has 0 radical (unpaired) electrons. The number of hydrogen-bond acceptors (Lipinski definition) is 2. The Morgan fingerprint density at radius 2 is 1.89 bits per heavy atom. The average Bonchev–Trinajstić information content (AvgIpc) is 2.38. The van der Waals surface area contributed by atoms with Gasteiger partial charge >= 0.3 is 5.97 Å². The Bertz CT molecular complexity index is 537. The van der Waals surface area contributed by atoms with E-state index in [9.17, 15) is 4.79 Å². The maximum Gasteiger partial charge on any atom is 0.302 e. The lowest BCUT2D eigenvalue weighted by atomic mass is 10.2. The fourth-order valence-electron chi connectivity index (χ4n) is 2.02. The van der Waals surface area contributed by atoms with Gasteiger partial charge in [0.05, 0.1) is 6.61 Å². The third-order valence-electron chi connectivity index (χ3n) is 2.89. The highest BCUT2D eigenvalue weighted by Gasteiger charge is 2.06. The number of aromatic nitrogens is 1. The molecule has 0 saturated heterocycles. The molecule has 0 aliphatic rings. The van der Waals surface area contributed by atoms with Crippen LogP contribution in [0.3, 0.4) is 0 Å². The van der Waals surface area contributed by atoms with Gasteiger partial charge in [-0.15, -0.1) is 0 Å². The van der Waals surface area contributed by atoms with Crippen LogP contribution in [-0.4, -0.2) is 12.6 Å². The van der Waals surface area contributed by atoms with Gasteiger partial charge in [0.1, 0.15) is 6.54 Å². The van der Waals surface area contributed by atoms with E-state index < -0.39 is 0 Å². The Morgan fingerprint density at radius 1 is 1.16 bits per heavy atom. The number of hydrogen-bond donors (Lipinski definition) is 0. The van der Waals surface area contributed by atoms with Crippen molar-refractivity contribution in [2.45, 2.75) is 26.3 Å². The number of halogens is 1. The van der Waals surface area contributed by atoms with E-state index in [2.05, 4.69) is 41.1 Å². The highest BCUT2D eigenvalue weighted by molar-refractivity contribution is 5.74. The van der Waals surface area contributed by atoms with Crippen molar-refractivity contribution in [3.05, 3.63) is 42.6 Å². The molecule has 4 heteroatoms. The summed E-state index contributed by atoms with van der Waals surface area (Å²) in [6.45, 7) is 2.91. The van der Waals surface area contributed by atoms with E-state index in [-0.39, 0.29) is 29.9 Å². The molecule has 0 fully saturated rings. The van der Waals surface area contributed by atoms with Crippen LogP contribution in [0.15, 0.2) is 42.6 Å². The maximum absolute atomic E-state index is 10.6. The van der Waals surface area contributed by atoms with Crippen molar-refractivity contribution < 1.29 is 38.1 Å². The standard InChI is InChI=1S/C15H18NO2.HI/c1-13(17)18-12-5-4-10-16-11-6-8-14-7-2-3-9-15(14)16;/h2-3,6-9,11H,4-5,10,12H2,1H3;1H/q+1;/p-1. The quantitative estimate of drug-likeness (QED) is 0.306. The summed E-state index contributed by atoms with van der Waals surface area (Å²) in [5.74, 6) is -0.201. The summed E-state index contributed by atoms with van der Waals surface area (Å²) < 4.78 is 7.16. The molecule has 0 aliphatic carbocycles. The summed E-state index contributed by atoms with van der Waals surface area (Å²) in [7, 11) is 0. The fourth-order valence-corrected chi connectivity index (χ4v) is 2.02. The first-order chi connectivity index (χ1) is 8.77. The molecule has 2 aromatic rings. The van der Waals surface area contributed by atoms with Crippen molar-refractivity contribution in [3.8, 4) is 0 Å². The SMILES string of the molecule is CC(=O)OCCCC[n+]1cccc2ccccc21.[I-]. The largest absolute Gasteiger partial charge is 1.00 e. The van der Waals surface area contributed by atoms with Gasteiger partial charge < -0.3 is 28.7 Å². The van der Waals surface area contributed by atoms with Crippen molar-refractivity contribution in [1.82, 2.24) is 0 Å². The molecule has 3 nitrogen and oxygen atoms in total. The van der Waals surface area contributed by atoms with Crippen molar-refractivity contribution in [3.63, 3.8) is 0 Å². The van der Waals surface area contributed by atoms with E-state index in [0.29, 0.717) is 6.61 Å². The first kappa shape index (κ1) is 15.9. The Labute approximate surface area is 130 Å². The van der Waals surface area contributed by atoms with Crippen LogP contribution in [0, 0.1) is 0 Å². The molecular weight excluding hydrogens is 353 g/mol. The second-order valence-electron chi connectivity index (χ2n) is 4.31. The zero-order valence-corrected chi connectivity index (χ0v) is 13.2. The Balaban J connectivity index is 0.00000180. The van der Waals surface area contributed by atoms with E-state index in [1.54, 1.807) is 0 Å². The highest BCUT2D eigenvalue weighted by atomic mass is 127. The molecule has 0 N–H and O–H groups in total. The number of unbranched alkanes of at least 4 members (excludes halogenated alkanes) is 1.